The summed E-state index contributed by atoms with van der Waals surface area (Å²) in [6, 6.07) is 15.0. The van der Waals surface area contributed by atoms with Crippen LogP contribution >= 0.6 is 22.9 Å². The number of halogens is 1. The molecule has 4 nitrogen and oxygen atoms in total. The van der Waals surface area contributed by atoms with Crippen molar-refractivity contribution in [1.82, 2.24) is 15.2 Å². The fourth-order valence-corrected chi connectivity index (χ4v) is 5.49. The first-order chi connectivity index (χ1) is 14.7. The highest BCUT2D eigenvalue weighted by atomic mass is 35.5. The number of nitrogens with zero attached hydrogens (tertiary/aromatic N) is 2. The van der Waals surface area contributed by atoms with Gasteiger partial charge in [-0.3, -0.25) is 4.98 Å². The van der Waals surface area contributed by atoms with Crippen LogP contribution in [0.4, 0.5) is 5.00 Å². The molecule has 5 rings (SSSR count). The molecule has 1 saturated heterocycles. The highest BCUT2D eigenvalue weighted by Gasteiger charge is 2.26. The fraction of sp³-hybridized carbons (Fsp3) is 0.292. The van der Waals surface area contributed by atoms with Gasteiger partial charge in [0.2, 0.25) is 0 Å². The Labute approximate surface area is 185 Å². The highest BCUT2D eigenvalue weighted by molar-refractivity contribution is 7.16. The monoisotopic (exact) mass is 436 g/mol. The molecule has 2 aromatic heterocycles. The SMILES string of the molecule is Cc1cc2c(s1)NC=c1cccnc1=C2N1CCNC(CCc2ccccc2Cl)C1. The van der Waals surface area contributed by atoms with E-state index in [9.17, 15) is 0 Å². The normalized spacial score (nSPS) is 18.1. The Morgan fingerprint density at radius 1 is 1.23 bits per heavy atom. The van der Waals surface area contributed by atoms with Crippen LogP contribution < -0.4 is 21.2 Å². The molecule has 1 unspecified atom stereocenters. The van der Waals surface area contributed by atoms with Gasteiger partial charge in [0.15, 0.2) is 0 Å². The number of aromatic nitrogens is 1. The van der Waals surface area contributed by atoms with E-state index in [1.807, 2.05) is 24.4 Å². The maximum absolute atomic E-state index is 6.37. The predicted molar refractivity (Wildman–Crippen MR) is 126 cm³/mol. The molecule has 3 aromatic rings. The molecular weight excluding hydrogens is 412 g/mol. The lowest BCUT2D eigenvalue weighted by Gasteiger charge is -2.36. The highest BCUT2D eigenvalue weighted by Crippen LogP contribution is 2.34. The van der Waals surface area contributed by atoms with Gasteiger partial charge >= 0.3 is 0 Å². The van der Waals surface area contributed by atoms with Crippen molar-refractivity contribution in [2.24, 2.45) is 0 Å². The van der Waals surface area contributed by atoms with Crippen LogP contribution in [0.5, 0.6) is 0 Å². The number of rotatable bonds is 4. The van der Waals surface area contributed by atoms with Crippen LogP contribution in [0.25, 0.3) is 11.9 Å². The van der Waals surface area contributed by atoms with E-state index in [1.54, 1.807) is 11.3 Å². The number of hydrogen-bond donors (Lipinski definition) is 2. The summed E-state index contributed by atoms with van der Waals surface area (Å²) in [6.45, 7) is 5.07. The standard InChI is InChI=1S/C24H25ClN4S/c1-16-13-20-23(22-18(6-4-10-27-22)14-28-24(20)30-16)29-12-11-26-19(15-29)9-8-17-5-2-3-7-21(17)25/h2-7,10,13-14,19,26,28H,8-9,11-12,15H2,1H3. The van der Waals surface area contributed by atoms with E-state index in [2.05, 4.69) is 52.9 Å². The van der Waals surface area contributed by atoms with Crippen LogP contribution in [0.2, 0.25) is 5.02 Å². The van der Waals surface area contributed by atoms with Gasteiger partial charge in [0.1, 0.15) is 5.00 Å². The summed E-state index contributed by atoms with van der Waals surface area (Å²) in [4.78, 5) is 8.62. The molecule has 2 N–H and O–H groups in total. The van der Waals surface area contributed by atoms with Gasteiger partial charge in [-0.2, -0.15) is 0 Å². The van der Waals surface area contributed by atoms with Crippen molar-refractivity contribution in [2.45, 2.75) is 25.8 Å². The Morgan fingerprint density at radius 3 is 3.03 bits per heavy atom. The maximum Gasteiger partial charge on any atom is 0.102 e. The molecule has 2 aliphatic rings. The predicted octanol–water partition coefficient (Wildman–Crippen LogP) is 3.33. The lowest BCUT2D eigenvalue weighted by atomic mass is 10.0. The minimum atomic E-state index is 0.415. The van der Waals surface area contributed by atoms with Gasteiger partial charge < -0.3 is 15.5 Å². The van der Waals surface area contributed by atoms with Gasteiger partial charge in [-0.25, -0.2) is 0 Å². The number of fused-ring (bicyclic) bond motifs is 2. The number of pyridine rings is 1. The van der Waals surface area contributed by atoms with Gasteiger partial charge in [0, 0.05) is 58.8 Å². The molecular formula is C24H25ClN4S. The van der Waals surface area contributed by atoms with Crippen molar-refractivity contribution in [3.8, 4) is 0 Å². The van der Waals surface area contributed by atoms with Crippen LogP contribution in [-0.2, 0) is 6.42 Å². The Kier molecular flexibility index (Phi) is 5.50. The number of thiophene rings is 1. The van der Waals surface area contributed by atoms with Crippen molar-refractivity contribution in [2.75, 3.05) is 25.0 Å². The smallest absolute Gasteiger partial charge is 0.102 e. The number of nitrogens with one attached hydrogen (secondary N) is 2. The molecule has 1 atom stereocenters. The maximum atomic E-state index is 6.37. The minimum Gasteiger partial charge on any atom is -0.366 e. The first-order valence-electron chi connectivity index (χ1n) is 10.4. The zero-order chi connectivity index (χ0) is 20.5. The quantitative estimate of drug-likeness (QED) is 0.658. The Morgan fingerprint density at radius 2 is 2.13 bits per heavy atom. The lowest BCUT2D eigenvalue weighted by Crippen LogP contribution is -2.51. The molecule has 1 aromatic carbocycles. The van der Waals surface area contributed by atoms with Gasteiger partial charge in [0.25, 0.3) is 0 Å². The summed E-state index contributed by atoms with van der Waals surface area (Å²) in [7, 11) is 0. The molecule has 1 fully saturated rings. The summed E-state index contributed by atoms with van der Waals surface area (Å²) >= 11 is 8.18. The van der Waals surface area contributed by atoms with E-state index in [-0.39, 0.29) is 0 Å². The minimum absolute atomic E-state index is 0.415. The molecule has 30 heavy (non-hydrogen) atoms. The van der Waals surface area contributed by atoms with Crippen LogP contribution in [-0.4, -0.2) is 35.6 Å². The van der Waals surface area contributed by atoms with E-state index in [0.29, 0.717) is 6.04 Å². The molecule has 0 aliphatic carbocycles. The Hall–Kier alpha value is -2.34. The zero-order valence-electron chi connectivity index (χ0n) is 17.0. The van der Waals surface area contributed by atoms with Gasteiger partial charge in [-0.05, 0) is 49.6 Å². The van der Waals surface area contributed by atoms with E-state index < -0.39 is 0 Å². The molecule has 0 radical (unpaired) electrons. The topological polar surface area (TPSA) is 40.2 Å². The fourth-order valence-electron chi connectivity index (χ4n) is 4.37. The molecule has 6 heteroatoms. The molecule has 0 bridgehead atoms. The molecule has 0 spiro atoms. The van der Waals surface area contributed by atoms with Gasteiger partial charge in [-0.15, -0.1) is 11.3 Å². The molecule has 154 valence electrons. The average Bonchev–Trinajstić information content (AvgIpc) is 3.05. The van der Waals surface area contributed by atoms with Gasteiger partial charge in [-0.1, -0.05) is 29.8 Å². The molecule has 0 saturated carbocycles. The van der Waals surface area contributed by atoms with Crippen molar-refractivity contribution in [1.29, 1.82) is 0 Å². The average molecular weight is 437 g/mol. The van der Waals surface area contributed by atoms with E-state index >= 15 is 0 Å². The summed E-state index contributed by atoms with van der Waals surface area (Å²) in [6.07, 6.45) is 6.02. The van der Waals surface area contributed by atoms with Crippen molar-refractivity contribution < 1.29 is 0 Å². The largest absolute Gasteiger partial charge is 0.366 e. The Balaban J connectivity index is 1.46. The van der Waals surface area contributed by atoms with Crippen molar-refractivity contribution in [3.05, 3.63) is 80.3 Å². The van der Waals surface area contributed by atoms with E-state index in [1.165, 1.54) is 26.7 Å². The number of anilines is 1. The number of piperazine rings is 1. The summed E-state index contributed by atoms with van der Waals surface area (Å²) in [5.74, 6) is 0. The van der Waals surface area contributed by atoms with Crippen LogP contribution in [0.15, 0.2) is 48.7 Å². The van der Waals surface area contributed by atoms with Gasteiger partial charge in [0.05, 0.1) is 11.0 Å². The first-order valence-corrected chi connectivity index (χ1v) is 11.6. The van der Waals surface area contributed by atoms with Crippen molar-refractivity contribution in [3.63, 3.8) is 0 Å². The number of benzene rings is 1. The van der Waals surface area contributed by atoms with Crippen LogP contribution in [0, 0.1) is 6.92 Å². The van der Waals surface area contributed by atoms with Crippen LogP contribution in [0.3, 0.4) is 0 Å². The van der Waals surface area contributed by atoms with E-state index in [4.69, 9.17) is 16.6 Å². The van der Waals surface area contributed by atoms with Crippen LogP contribution in [0.1, 0.15) is 22.4 Å². The summed E-state index contributed by atoms with van der Waals surface area (Å²) in [5, 5.41) is 11.5. The lowest BCUT2D eigenvalue weighted by molar-refractivity contribution is 0.268. The first kappa shape index (κ1) is 19.6. The summed E-state index contributed by atoms with van der Waals surface area (Å²) in [5.41, 5.74) is 3.73. The third-order valence-corrected chi connectivity index (χ3v) is 7.17. The second-order valence-corrected chi connectivity index (χ2v) is 9.57. The second kappa shape index (κ2) is 8.42. The zero-order valence-corrected chi connectivity index (χ0v) is 18.6. The summed E-state index contributed by atoms with van der Waals surface area (Å²) < 4.78 is 0. The molecule has 0 amide bonds. The molecule has 2 aliphatic heterocycles. The second-order valence-electron chi connectivity index (χ2n) is 7.91. The Bertz CT molecular complexity index is 1190. The number of hydrogen-bond acceptors (Lipinski definition) is 5. The third-order valence-electron chi connectivity index (χ3n) is 5.82. The third kappa shape index (κ3) is 3.85. The van der Waals surface area contributed by atoms with Crippen molar-refractivity contribution >= 4 is 39.8 Å². The van der Waals surface area contributed by atoms with E-state index in [0.717, 1.165) is 48.1 Å². The number of aryl methyl sites for hydroxylation is 2. The molecule has 4 heterocycles.